The van der Waals surface area contributed by atoms with Crippen LogP contribution in [0.25, 0.3) is 0 Å². The van der Waals surface area contributed by atoms with Gasteiger partial charge in [0.1, 0.15) is 14.5 Å². The summed E-state index contributed by atoms with van der Waals surface area (Å²) in [6.45, 7) is 7.98. The Kier molecular flexibility index (Phi) is 8.23. The number of anilines is 1. The second-order valence-electron chi connectivity index (χ2n) is 9.77. The highest BCUT2D eigenvalue weighted by Crippen LogP contribution is 2.47. The number of hydrogen-bond acceptors (Lipinski definition) is 5. The summed E-state index contributed by atoms with van der Waals surface area (Å²) in [6.07, 6.45) is 7.54. The van der Waals surface area contributed by atoms with Gasteiger partial charge < -0.3 is 4.90 Å². The van der Waals surface area contributed by atoms with Crippen LogP contribution in [0.5, 0.6) is 0 Å². The van der Waals surface area contributed by atoms with Gasteiger partial charge in [-0.2, -0.15) is 0 Å². The molecular weight excluding hydrogens is 610 g/mol. The molecule has 0 amide bonds. The van der Waals surface area contributed by atoms with Gasteiger partial charge in [-0.25, -0.2) is 18.9 Å². The highest BCUT2D eigenvalue weighted by atomic mass is 127. The van der Waals surface area contributed by atoms with Gasteiger partial charge >= 0.3 is 0 Å². The van der Waals surface area contributed by atoms with E-state index in [1.807, 2.05) is 39.1 Å². The summed E-state index contributed by atoms with van der Waals surface area (Å²) < 4.78 is 16.8. The smallest absolute Gasteiger partial charge is 0.148 e. The fourth-order valence-corrected chi connectivity index (χ4v) is 7.60. The SMILES string of the molecule is CC(C)(C)[S@@](=O)N[C@@H]1CCCC12CCN(c1cnc(Sc3cccc(Cl)c3Cl)c(I)n1)CC2. The van der Waals surface area contributed by atoms with Crippen LogP contribution in [0.15, 0.2) is 34.3 Å². The van der Waals surface area contributed by atoms with Gasteiger partial charge in [0, 0.05) is 24.0 Å². The summed E-state index contributed by atoms with van der Waals surface area (Å²) in [5.74, 6) is 0.913. The minimum atomic E-state index is -1.03. The zero-order chi connectivity index (χ0) is 23.8. The van der Waals surface area contributed by atoms with Crippen molar-refractivity contribution in [2.24, 2.45) is 5.41 Å². The average molecular weight is 639 g/mol. The summed E-state index contributed by atoms with van der Waals surface area (Å²) in [7, 11) is -1.03. The van der Waals surface area contributed by atoms with Crippen molar-refractivity contribution in [2.45, 2.75) is 73.6 Å². The van der Waals surface area contributed by atoms with Gasteiger partial charge in [-0.05, 0) is 86.6 Å². The van der Waals surface area contributed by atoms with E-state index in [0.717, 1.165) is 51.8 Å². The van der Waals surface area contributed by atoms with Gasteiger partial charge in [-0.1, -0.05) is 47.5 Å². The van der Waals surface area contributed by atoms with E-state index < -0.39 is 11.0 Å². The summed E-state index contributed by atoms with van der Waals surface area (Å²) in [4.78, 5) is 12.7. The molecule has 0 bridgehead atoms. The van der Waals surface area contributed by atoms with E-state index in [1.165, 1.54) is 24.6 Å². The zero-order valence-electron chi connectivity index (χ0n) is 19.0. The molecule has 1 saturated heterocycles. The highest BCUT2D eigenvalue weighted by molar-refractivity contribution is 14.1. The van der Waals surface area contributed by atoms with Crippen molar-refractivity contribution in [1.82, 2.24) is 14.7 Å². The molecule has 1 saturated carbocycles. The van der Waals surface area contributed by atoms with E-state index in [2.05, 4.69) is 37.2 Å². The van der Waals surface area contributed by atoms with Crippen LogP contribution < -0.4 is 9.62 Å². The van der Waals surface area contributed by atoms with Gasteiger partial charge in [-0.15, -0.1) is 0 Å². The van der Waals surface area contributed by atoms with Crippen LogP contribution in [0, 0.1) is 9.12 Å². The monoisotopic (exact) mass is 638 g/mol. The topological polar surface area (TPSA) is 58.1 Å². The number of aromatic nitrogens is 2. The molecule has 2 fully saturated rings. The first kappa shape index (κ1) is 25.9. The Morgan fingerprint density at radius 2 is 1.97 bits per heavy atom. The molecule has 5 nitrogen and oxygen atoms in total. The van der Waals surface area contributed by atoms with Crippen LogP contribution in [0.2, 0.25) is 10.0 Å². The number of halogens is 3. The summed E-state index contributed by atoms with van der Waals surface area (Å²) >= 11 is 16.2. The van der Waals surface area contributed by atoms with Crippen molar-refractivity contribution in [2.75, 3.05) is 18.0 Å². The van der Waals surface area contributed by atoms with Crippen molar-refractivity contribution in [3.8, 4) is 0 Å². The molecule has 2 aromatic rings. The maximum atomic E-state index is 12.7. The summed E-state index contributed by atoms with van der Waals surface area (Å²) in [6, 6.07) is 5.93. The number of nitrogens with zero attached hydrogens (tertiary/aromatic N) is 3. The lowest BCUT2D eigenvalue weighted by atomic mass is 9.74. The number of rotatable bonds is 5. The number of nitrogens with one attached hydrogen (secondary N) is 1. The minimum Gasteiger partial charge on any atom is -0.355 e. The van der Waals surface area contributed by atoms with Crippen molar-refractivity contribution in [3.63, 3.8) is 0 Å². The highest BCUT2D eigenvalue weighted by Gasteiger charge is 2.46. The van der Waals surface area contributed by atoms with E-state index in [0.29, 0.717) is 16.1 Å². The maximum Gasteiger partial charge on any atom is 0.148 e. The average Bonchev–Trinajstić information content (AvgIpc) is 3.14. The van der Waals surface area contributed by atoms with E-state index in [4.69, 9.17) is 28.2 Å². The molecule has 1 N–H and O–H groups in total. The van der Waals surface area contributed by atoms with Gasteiger partial charge in [0.25, 0.3) is 0 Å². The van der Waals surface area contributed by atoms with Crippen LogP contribution in [0.4, 0.5) is 5.82 Å². The van der Waals surface area contributed by atoms with Crippen LogP contribution >= 0.6 is 57.6 Å². The molecule has 1 aliphatic carbocycles. The minimum absolute atomic E-state index is 0.233. The normalized spacial score (nSPS) is 21.5. The third-order valence-electron chi connectivity index (χ3n) is 6.60. The van der Waals surface area contributed by atoms with Crippen LogP contribution in [-0.4, -0.2) is 38.1 Å². The standard InChI is InChI=1S/C23H29Cl2IN4OS2/c1-22(2,3)33(31)29-17-8-5-9-23(17)10-12-30(13-11-23)18-14-27-21(20(26)28-18)32-16-7-4-6-15(24)19(16)25/h4,6-7,14,17,29H,5,8-13H2,1-3H3/t17-,33-/m1/s1. The Hall–Kier alpha value is -0.130. The second kappa shape index (κ2) is 10.5. The molecule has 10 heteroatoms. The molecule has 2 atom stereocenters. The lowest BCUT2D eigenvalue weighted by Crippen LogP contribution is -2.51. The van der Waals surface area contributed by atoms with Gasteiger partial charge in [-0.3, -0.25) is 0 Å². The van der Waals surface area contributed by atoms with Crippen molar-refractivity contribution in [3.05, 3.63) is 38.1 Å². The zero-order valence-corrected chi connectivity index (χ0v) is 24.3. The molecule has 0 radical (unpaired) electrons. The summed E-state index contributed by atoms with van der Waals surface area (Å²) in [5, 5.41) is 1.90. The molecule has 4 rings (SSSR count). The first-order valence-electron chi connectivity index (χ1n) is 11.2. The Bertz CT molecular complexity index is 1040. The van der Waals surface area contributed by atoms with Crippen LogP contribution in [-0.2, 0) is 11.0 Å². The number of piperidine rings is 1. The van der Waals surface area contributed by atoms with Crippen molar-refractivity contribution >= 4 is 74.4 Å². The number of hydrogen-bond donors (Lipinski definition) is 1. The van der Waals surface area contributed by atoms with Crippen LogP contribution in [0.1, 0.15) is 52.9 Å². The quantitative estimate of drug-likeness (QED) is 0.368. The van der Waals surface area contributed by atoms with Gasteiger partial charge in [0.2, 0.25) is 0 Å². The van der Waals surface area contributed by atoms with E-state index in [1.54, 1.807) is 6.07 Å². The molecule has 180 valence electrons. The molecule has 1 aromatic carbocycles. The van der Waals surface area contributed by atoms with E-state index >= 15 is 0 Å². The maximum absolute atomic E-state index is 12.7. The first-order valence-corrected chi connectivity index (χ1v) is 15.0. The number of benzene rings is 1. The van der Waals surface area contributed by atoms with Crippen molar-refractivity contribution < 1.29 is 4.21 Å². The fourth-order valence-electron chi connectivity index (χ4n) is 4.64. The largest absolute Gasteiger partial charge is 0.355 e. The predicted octanol–water partition coefficient (Wildman–Crippen LogP) is 6.73. The fraction of sp³-hybridized carbons (Fsp3) is 0.565. The van der Waals surface area contributed by atoms with Crippen molar-refractivity contribution in [1.29, 1.82) is 0 Å². The molecular formula is C23H29Cl2IN4OS2. The first-order chi connectivity index (χ1) is 15.6. The molecule has 2 aliphatic rings. The van der Waals surface area contributed by atoms with E-state index in [9.17, 15) is 4.21 Å². The summed E-state index contributed by atoms with van der Waals surface area (Å²) in [5.41, 5.74) is 0.233. The Balaban J connectivity index is 1.42. The van der Waals surface area contributed by atoms with Crippen LogP contribution in [0.3, 0.4) is 0 Å². The predicted molar refractivity (Wildman–Crippen MR) is 148 cm³/mol. The van der Waals surface area contributed by atoms with Gasteiger partial charge in [0.15, 0.2) is 0 Å². The molecule has 33 heavy (non-hydrogen) atoms. The third-order valence-corrected chi connectivity index (χ3v) is 11.3. The molecule has 2 heterocycles. The second-order valence-corrected chi connectivity index (χ2v) is 14.6. The van der Waals surface area contributed by atoms with Gasteiger partial charge in [0.05, 0.1) is 32.0 Å². The third kappa shape index (κ3) is 5.82. The Morgan fingerprint density at radius 3 is 2.64 bits per heavy atom. The lowest BCUT2D eigenvalue weighted by Gasteiger charge is -2.44. The van der Waals surface area contributed by atoms with E-state index in [-0.39, 0.29) is 10.2 Å². The lowest BCUT2D eigenvalue weighted by molar-refractivity contribution is 0.188. The molecule has 0 unspecified atom stereocenters. The molecule has 1 spiro atoms. The Labute approximate surface area is 226 Å². The Morgan fingerprint density at radius 1 is 1.24 bits per heavy atom. The molecule has 1 aromatic heterocycles. The molecule has 1 aliphatic heterocycles.